The predicted octanol–water partition coefficient (Wildman–Crippen LogP) is 3.92. The van der Waals surface area contributed by atoms with Crippen LogP contribution < -0.4 is 5.32 Å². The third-order valence-corrected chi connectivity index (χ3v) is 3.75. The Labute approximate surface area is 139 Å². The zero-order valence-electron chi connectivity index (χ0n) is 13.5. The van der Waals surface area contributed by atoms with Gasteiger partial charge in [-0.05, 0) is 43.7 Å². The highest BCUT2D eigenvalue weighted by Gasteiger charge is 2.20. The third-order valence-electron chi connectivity index (χ3n) is 3.75. The number of rotatable bonds is 5. The van der Waals surface area contributed by atoms with Gasteiger partial charge < -0.3 is 15.3 Å². The molecule has 2 rings (SSSR count). The number of benzene rings is 2. The maximum absolute atomic E-state index is 12.5. The number of phenolic OH excluding ortho intramolecular Hbond substituents is 1. The number of urea groups is 1. The lowest BCUT2D eigenvalue weighted by Crippen LogP contribution is -2.36. The van der Waals surface area contributed by atoms with Crippen molar-refractivity contribution in [3.8, 4) is 5.75 Å². The molecule has 0 radical (unpaired) electrons. The molecule has 2 amide bonds. The molecule has 2 aromatic rings. The summed E-state index contributed by atoms with van der Waals surface area (Å²) in [6.07, 6.45) is 0. The first-order valence-corrected chi connectivity index (χ1v) is 7.53. The van der Waals surface area contributed by atoms with Gasteiger partial charge >= 0.3 is 6.03 Å². The van der Waals surface area contributed by atoms with Crippen molar-refractivity contribution in [2.24, 2.45) is 0 Å². The number of anilines is 1. The molecular weight excluding hydrogens is 310 g/mol. The summed E-state index contributed by atoms with van der Waals surface area (Å²) in [7, 11) is 0. The summed E-state index contributed by atoms with van der Waals surface area (Å²) in [6, 6.07) is 11.9. The van der Waals surface area contributed by atoms with Crippen molar-refractivity contribution in [2.45, 2.75) is 19.9 Å². The molecule has 126 valence electrons. The average Bonchev–Trinajstić information content (AvgIpc) is 2.56. The standard InChI is InChI=1S/C17H19N3O4/c1-3-19(12(2)13-5-4-6-16(21)11-13)17(22)18-14-7-9-15(10-8-14)20(23)24/h4-12,21H,3H2,1-2H3,(H,18,22)/t12-/m1/s1. The highest BCUT2D eigenvalue weighted by Crippen LogP contribution is 2.24. The van der Waals surface area contributed by atoms with E-state index in [1.807, 2.05) is 19.9 Å². The van der Waals surface area contributed by atoms with Gasteiger partial charge in [0.2, 0.25) is 0 Å². The Kier molecular flexibility index (Phi) is 5.36. The van der Waals surface area contributed by atoms with Crippen molar-refractivity contribution in [3.63, 3.8) is 0 Å². The van der Waals surface area contributed by atoms with Crippen LogP contribution in [-0.4, -0.2) is 27.5 Å². The number of amides is 2. The minimum atomic E-state index is -0.492. The number of phenols is 1. The van der Waals surface area contributed by atoms with Gasteiger partial charge in [0.1, 0.15) is 5.75 Å². The SMILES string of the molecule is CCN(C(=O)Nc1ccc([N+](=O)[O-])cc1)[C@H](C)c1cccc(O)c1. The number of nitrogens with one attached hydrogen (secondary N) is 1. The van der Waals surface area contributed by atoms with E-state index in [4.69, 9.17) is 0 Å². The van der Waals surface area contributed by atoms with E-state index in [9.17, 15) is 20.0 Å². The molecule has 0 aliphatic carbocycles. The predicted molar refractivity (Wildman–Crippen MR) is 91.0 cm³/mol. The van der Waals surface area contributed by atoms with E-state index in [-0.39, 0.29) is 23.5 Å². The number of nitro groups is 1. The van der Waals surface area contributed by atoms with E-state index >= 15 is 0 Å². The van der Waals surface area contributed by atoms with Gasteiger partial charge in [-0.1, -0.05) is 12.1 Å². The number of hydrogen-bond donors (Lipinski definition) is 2. The quantitative estimate of drug-likeness (QED) is 0.642. The molecule has 2 N–H and O–H groups in total. The van der Waals surface area contributed by atoms with Crippen LogP contribution in [0.5, 0.6) is 5.75 Å². The summed E-state index contributed by atoms with van der Waals surface area (Å²) in [4.78, 5) is 24.2. The van der Waals surface area contributed by atoms with Crippen LogP contribution in [0.15, 0.2) is 48.5 Å². The molecule has 0 heterocycles. The molecule has 1 atom stereocenters. The summed E-state index contributed by atoms with van der Waals surface area (Å²) in [5.41, 5.74) is 1.26. The number of carbonyl (C=O) groups excluding carboxylic acids is 1. The van der Waals surface area contributed by atoms with Crippen LogP contribution in [0.4, 0.5) is 16.2 Å². The second-order valence-corrected chi connectivity index (χ2v) is 5.29. The van der Waals surface area contributed by atoms with E-state index in [0.717, 1.165) is 5.56 Å². The average molecular weight is 329 g/mol. The van der Waals surface area contributed by atoms with Crippen LogP contribution >= 0.6 is 0 Å². The van der Waals surface area contributed by atoms with Gasteiger partial charge in [-0.3, -0.25) is 10.1 Å². The molecule has 0 aliphatic rings. The Balaban J connectivity index is 2.12. The molecule has 0 fully saturated rings. The maximum Gasteiger partial charge on any atom is 0.322 e. The van der Waals surface area contributed by atoms with Crippen LogP contribution in [0.3, 0.4) is 0 Å². The molecule has 0 aromatic heterocycles. The molecule has 0 saturated heterocycles. The maximum atomic E-state index is 12.5. The minimum Gasteiger partial charge on any atom is -0.508 e. The van der Waals surface area contributed by atoms with Gasteiger partial charge in [-0.15, -0.1) is 0 Å². The van der Waals surface area contributed by atoms with Crippen molar-refractivity contribution in [2.75, 3.05) is 11.9 Å². The van der Waals surface area contributed by atoms with Gasteiger partial charge in [0.05, 0.1) is 11.0 Å². The minimum absolute atomic E-state index is 0.0338. The van der Waals surface area contributed by atoms with E-state index in [0.29, 0.717) is 12.2 Å². The Morgan fingerprint density at radius 3 is 2.50 bits per heavy atom. The number of nitrogens with zero attached hydrogens (tertiary/aromatic N) is 2. The lowest BCUT2D eigenvalue weighted by atomic mass is 10.1. The summed E-state index contributed by atoms with van der Waals surface area (Å²) in [5, 5.41) is 23.0. The molecule has 24 heavy (non-hydrogen) atoms. The molecule has 2 aromatic carbocycles. The molecule has 7 nitrogen and oxygen atoms in total. The molecule has 0 aliphatic heterocycles. The second kappa shape index (κ2) is 7.45. The largest absolute Gasteiger partial charge is 0.508 e. The summed E-state index contributed by atoms with van der Waals surface area (Å²) < 4.78 is 0. The first-order valence-electron chi connectivity index (χ1n) is 7.53. The lowest BCUT2D eigenvalue weighted by molar-refractivity contribution is -0.384. The zero-order chi connectivity index (χ0) is 17.7. The van der Waals surface area contributed by atoms with Crippen LogP contribution in [0.1, 0.15) is 25.5 Å². The highest BCUT2D eigenvalue weighted by molar-refractivity contribution is 5.89. The molecule has 7 heteroatoms. The Morgan fingerprint density at radius 2 is 1.96 bits per heavy atom. The van der Waals surface area contributed by atoms with E-state index < -0.39 is 4.92 Å². The third kappa shape index (κ3) is 4.01. The molecular formula is C17H19N3O4. The Bertz CT molecular complexity index is 731. The second-order valence-electron chi connectivity index (χ2n) is 5.29. The fourth-order valence-electron chi connectivity index (χ4n) is 2.42. The number of nitro benzene ring substituents is 1. The van der Waals surface area contributed by atoms with Crippen molar-refractivity contribution in [3.05, 3.63) is 64.2 Å². The fourth-order valence-corrected chi connectivity index (χ4v) is 2.42. The van der Waals surface area contributed by atoms with Crippen molar-refractivity contribution >= 4 is 17.4 Å². The van der Waals surface area contributed by atoms with Crippen LogP contribution in [0, 0.1) is 10.1 Å². The van der Waals surface area contributed by atoms with E-state index in [2.05, 4.69) is 5.32 Å². The Hall–Kier alpha value is -3.09. The monoisotopic (exact) mass is 329 g/mol. The molecule has 0 saturated carbocycles. The van der Waals surface area contributed by atoms with Gasteiger partial charge in [0.15, 0.2) is 0 Å². The topological polar surface area (TPSA) is 95.7 Å². The Morgan fingerprint density at radius 1 is 1.29 bits per heavy atom. The van der Waals surface area contributed by atoms with Crippen LogP contribution in [0.25, 0.3) is 0 Å². The van der Waals surface area contributed by atoms with E-state index in [1.165, 1.54) is 24.3 Å². The summed E-state index contributed by atoms with van der Waals surface area (Å²) in [5.74, 6) is 0.145. The highest BCUT2D eigenvalue weighted by atomic mass is 16.6. The zero-order valence-corrected chi connectivity index (χ0v) is 13.5. The molecule has 0 spiro atoms. The van der Waals surface area contributed by atoms with Gasteiger partial charge in [0, 0.05) is 24.4 Å². The summed E-state index contributed by atoms with van der Waals surface area (Å²) in [6.45, 7) is 4.19. The number of non-ortho nitro benzene ring substituents is 1. The van der Waals surface area contributed by atoms with Crippen molar-refractivity contribution in [1.82, 2.24) is 4.90 Å². The fraction of sp³-hybridized carbons (Fsp3) is 0.235. The first kappa shape index (κ1) is 17.3. The number of hydrogen-bond acceptors (Lipinski definition) is 4. The van der Waals surface area contributed by atoms with Crippen LogP contribution in [-0.2, 0) is 0 Å². The van der Waals surface area contributed by atoms with Crippen LogP contribution in [0.2, 0.25) is 0 Å². The van der Waals surface area contributed by atoms with Gasteiger partial charge in [0.25, 0.3) is 5.69 Å². The van der Waals surface area contributed by atoms with Gasteiger partial charge in [-0.2, -0.15) is 0 Å². The number of aromatic hydroxyl groups is 1. The first-order chi connectivity index (χ1) is 11.4. The molecule has 0 bridgehead atoms. The van der Waals surface area contributed by atoms with Crippen molar-refractivity contribution in [1.29, 1.82) is 0 Å². The van der Waals surface area contributed by atoms with Crippen molar-refractivity contribution < 1.29 is 14.8 Å². The van der Waals surface area contributed by atoms with E-state index in [1.54, 1.807) is 23.1 Å². The molecule has 0 unspecified atom stereocenters. The number of carbonyl (C=O) groups is 1. The summed E-state index contributed by atoms with van der Waals surface area (Å²) >= 11 is 0. The smallest absolute Gasteiger partial charge is 0.322 e. The van der Waals surface area contributed by atoms with Gasteiger partial charge in [-0.25, -0.2) is 4.79 Å². The lowest BCUT2D eigenvalue weighted by Gasteiger charge is -2.28. The normalized spacial score (nSPS) is 11.6.